The van der Waals surface area contributed by atoms with Gasteiger partial charge in [0.15, 0.2) is 9.04 Å². The topological polar surface area (TPSA) is 9.23 Å². The summed E-state index contributed by atoms with van der Waals surface area (Å²) in [5.41, 5.74) is 0. The zero-order valence-electron chi connectivity index (χ0n) is 9.22. The summed E-state index contributed by atoms with van der Waals surface area (Å²) in [6, 6.07) is 2.70. The largest absolute Gasteiger partial charge is 0.416 e. The molecule has 0 unspecified atom stereocenters. The average Bonchev–Trinajstić information content (AvgIpc) is 2.17. The van der Waals surface area contributed by atoms with E-state index in [2.05, 4.69) is 20.4 Å². The quantitative estimate of drug-likeness (QED) is 0.409. The first-order chi connectivity index (χ1) is 6.35. The molecule has 0 N–H and O–H groups in total. The van der Waals surface area contributed by atoms with Gasteiger partial charge in [0.1, 0.15) is 0 Å². The van der Waals surface area contributed by atoms with Crippen LogP contribution in [0.5, 0.6) is 0 Å². The Bertz CT molecular complexity index is 107. The highest BCUT2D eigenvalue weighted by Gasteiger charge is 2.09. The Morgan fingerprint density at radius 1 is 1.15 bits per heavy atom. The second-order valence-corrected chi connectivity index (χ2v) is 6.26. The minimum atomic E-state index is -0.858. The van der Waals surface area contributed by atoms with E-state index in [0.717, 1.165) is 6.61 Å². The van der Waals surface area contributed by atoms with Crippen molar-refractivity contribution < 1.29 is 4.43 Å². The van der Waals surface area contributed by atoms with Gasteiger partial charge in [0.05, 0.1) is 6.61 Å². The Hall–Kier alpha value is -0.0831. The molecule has 0 saturated carbocycles. The maximum Gasteiger partial charge on any atom is 0.177 e. The van der Waals surface area contributed by atoms with Gasteiger partial charge in [0, 0.05) is 0 Å². The van der Waals surface area contributed by atoms with E-state index in [0.29, 0.717) is 0 Å². The van der Waals surface area contributed by atoms with E-state index in [4.69, 9.17) is 4.43 Å². The lowest BCUT2D eigenvalue weighted by molar-refractivity contribution is 0.362. The summed E-state index contributed by atoms with van der Waals surface area (Å²) in [7, 11) is -0.858. The van der Waals surface area contributed by atoms with Crippen LogP contribution in [0.2, 0.25) is 12.1 Å². The molecule has 0 spiro atoms. The van der Waals surface area contributed by atoms with Crippen molar-refractivity contribution in [2.45, 2.75) is 51.6 Å². The highest BCUT2D eigenvalue weighted by Crippen LogP contribution is 2.10. The van der Waals surface area contributed by atoms with Crippen molar-refractivity contribution in [1.82, 2.24) is 0 Å². The molecule has 0 bridgehead atoms. The molecule has 1 nitrogen and oxygen atoms in total. The standard InChI is InChI=1S/C11H24OSi/c1-4-7-10-13(11-8-5-2)12-9-6-3/h6,13H,3-5,7-11H2,1-2H3. The molecule has 0 radical (unpaired) electrons. The van der Waals surface area contributed by atoms with Crippen molar-refractivity contribution in [2.75, 3.05) is 6.61 Å². The van der Waals surface area contributed by atoms with E-state index in [1.54, 1.807) is 0 Å². The third-order valence-corrected chi connectivity index (χ3v) is 4.98. The lowest BCUT2D eigenvalue weighted by Gasteiger charge is -2.14. The second kappa shape index (κ2) is 10.0. The summed E-state index contributed by atoms with van der Waals surface area (Å²) in [6.07, 6.45) is 7.16. The molecular formula is C11H24OSi. The lowest BCUT2D eigenvalue weighted by atomic mass is 10.4. The summed E-state index contributed by atoms with van der Waals surface area (Å²) in [6.45, 7) is 8.96. The first-order valence-corrected chi connectivity index (χ1v) is 7.68. The molecule has 13 heavy (non-hydrogen) atoms. The fraction of sp³-hybridized carbons (Fsp3) is 0.818. The molecule has 0 saturated heterocycles. The molecule has 0 aliphatic heterocycles. The molecule has 0 aromatic heterocycles. The predicted octanol–water partition coefficient (Wildman–Crippen LogP) is 3.51. The van der Waals surface area contributed by atoms with Gasteiger partial charge in [-0.1, -0.05) is 45.6 Å². The van der Waals surface area contributed by atoms with E-state index in [9.17, 15) is 0 Å². The Kier molecular flexibility index (Phi) is 9.94. The zero-order chi connectivity index (χ0) is 9.94. The Morgan fingerprint density at radius 3 is 2.08 bits per heavy atom. The lowest BCUT2D eigenvalue weighted by Crippen LogP contribution is -2.17. The molecule has 0 rings (SSSR count). The van der Waals surface area contributed by atoms with Gasteiger partial charge in [-0.2, -0.15) is 0 Å². The Labute approximate surface area is 84.9 Å². The van der Waals surface area contributed by atoms with Gasteiger partial charge in [-0.05, 0) is 12.1 Å². The van der Waals surface area contributed by atoms with Gasteiger partial charge in [-0.3, -0.25) is 0 Å². The summed E-state index contributed by atoms with van der Waals surface area (Å²) < 4.78 is 5.82. The molecule has 0 amide bonds. The maximum absolute atomic E-state index is 5.82. The third-order valence-electron chi connectivity index (χ3n) is 2.21. The first-order valence-electron chi connectivity index (χ1n) is 5.57. The maximum atomic E-state index is 5.82. The molecule has 2 heteroatoms. The van der Waals surface area contributed by atoms with Gasteiger partial charge in [-0.25, -0.2) is 0 Å². The molecular weight excluding hydrogens is 176 g/mol. The zero-order valence-corrected chi connectivity index (χ0v) is 10.4. The van der Waals surface area contributed by atoms with Crippen molar-refractivity contribution >= 4 is 9.04 Å². The molecule has 0 fully saturated rings. The fourth-order valence-electron chi connectivity index (χ4n) is 1.38. The minimum absolute atomic E-state index is 0.768. The smallest absolute Gasteiger partial charge is 0.177 e. The first kappa shape index (κ1) is 12.9. The average molecular weight is 200 g/mol. The van der Waals surface area contributed by atoms with E-state index < -0.39 is 9.04 Å². The van der Waals surface area contributed by atoms with E-state index >= 15 is 0 Å². The molecule has 0 aromatic carbocycles. The number of hydrogen-bond acceptors (Lipinski definition) is 1. The number of unbranched alkanes of at least 4 members (excludes halogenated alkanes) is 2. The van der Waals surface area contributed by atoms with Crippen LogP contribution in [-0.2, 0) is 4.43 Å². The normalized spacial score (nSPS) is 10.7. The molecule has 0 aliphatic rings. The van der Waals surface area contributed by atoms with E-state index in [1.807, 2.05) is 6.08 Å². The molecule has 0 atom stereocenters. The van der Waals surface area contributed by atoms with Gasteiger partial charge in [0.25, 0.3) is 0 Å². The van der Waals surface area contributed by atoms with Crippen molar-refractivity contribution in [2.24, 2.45) is 0 Å². The third kappa shape index (κ3) is 8.25. The molecule has 0 heterocycles. The Morgan fingerprint density at radius 2 is 1.69 bits per heavy atom. The van der Waals surface area contributed by atoms with Crippen LogP contribution in [0.25, 0.3) is 0 Å². The SMILES string of the molecule is C=CCO[SiH](CCCC)CCCC. The van der Waals surface area contributed by atoms with Crippen LogP contribution in [0.1, 0.15) is 39.5 Å². The van der Waals surface area contributed by atoms with Crippen molar-refractivity contribution in [3.8, 4) is 0 Å². The number of hydrogen-bond donors (Lipinski definition) is 0. The van der Waals surface area contributed by atoms with Crippen LogP contribution in [0, 0.1) is 0 Å². The predicted molar refractivity (Wildman–Crippen MR) is 62.7 cm³/mol. The summed E-state index contributed by atoms with van der Waals surface area (Å²) in [4.78, 5) is 0. The summed E-state index contributed by atoms with van der Waals surface area (Å²) in [5.74, 6) is 0. The monoisotopic (exact) mass is 200 g/mol. The van der Waals surface area contributed by atoms with Crippen molar-refractivity contribution in [3.05, 3.63) is 12.7 Å². The van der Waals surface area contributed by atoms with Crippen LogP contribution >= 0.6 is 0 Å². The van der Waals surface area contributed by atoms with Crippen LogP contribution in [0.4, 0.5) is 0 Å². The number of rotatable bonds is 9. The highest BCUT2D eigenvalue weighted by molar-refractivity contribution is 6.51. The molecule has 78 valence electrons. The van der Waals surface area contributed by atoms with Gasteiger partial charge < -0.3 is 4.43 Å². The molecule has 0 aliphatic carbocycles. The highest BCUT2D eigenvalue weighted by atomic mass is 28.3. The van der Waals surface area contributed by atoms with Crippen LogP contribution < -0.4 is 0 Å². The van der Waals surface area contributed by atoms with Crippen molar-refractivity contribution in [1.29, 1.82) is 0 Å². The summed E-state index contributed by atoms with van der Waals surface area (Å²) >= 11 is 0. The van der Waals surface area contributed by atoms with Crippen LogP contribution in [0.3, 0.4) is 0 Å². The van der Waals surface area contributed by atoms with E-state index in [-0.39, 0.29) is 0 Å². The fourth-order valence-corrected chi connectivity index (χ4v) is 4.14. The molecule has 0 aromatic rings. The van der Waals surface area contributed by atoms with Gasteiger partial charge >= 0.3 is 0 Å². The van der Waals surface area contributed by atoms with Gasteiger partial charge in [0.2, 0.25) is 0 Å². The van der Waals surface area contributed by atoms with E-state index in [1.165, 1.54) is 37.8 Å². The van der Waals surface area contributed by atoms with Gasteiger partial charge in [-0.15, -0.1) is 6.58 Å². The van der Waals surface area contributed by atoms with Crippen molar-refractivity contribution in [3.63, 3.8) is 0 Å². The van der Waals surface area contributed by atoms with Crippen LogP contribution in [-0.4, -0.2) is 15.6 Å². The Balaban J connectivity index is 3.52. The second-order valence-electron chi connectivity index (χ2n) is 3.53. The minimum Gasteiger partial charge on any atom is -0.416 e. The van der Waals surface area contributed by atoms with Crippen LogP contribution in [0.15, 0.2) is 12.7 Å². The summed E-state index contributed by atoms with van der Waals surface area (Å²) in [5, 5.41) is 0.